The predicted molar refractivity (Wildman–Crippen MR) is 108 cm³/mol. The van der Waals surface area contributed by atoms with Crippen molar-refractivity contribution in [1.29, 1.82) is 0 Å². The predicted octanol–water partition coefficient (Wildman–Crippen LogP) is 2.92. The van der Waals surface area contributed by atoms with Gasteiger partial charge in [-0.15, -0.1) is 0 Å². The average molecular weight is 346 g/mol. The minimum absolute atomic E-state index is 0.753. The maximum absolute atomic E-state index is 4.30. The van der Waals surface area contributed by atoms with E-state index in [0.29, 0.717) is 0 Å². The largest absolute Gasteiger partial charge is 0.385 e. The summed E-state index contributed by atoms with van der Waals surface area (Å²) < 4.78 is 0. The van der Waals surface area contributed by atoms with Crippen molar-refractivity contribution >= 4 is 11.6 Å². The first-order valence-corrected chi connectivity index (χ1v) is 9.77. The molecule has 0 aromatic heterocycles. The summed E-state index contributed by atoms with van der Waals surface area (Å²) in [6.45, 7) is 7.67. The molecule has 0 amide bonds. The van der Waals surface area contributed by atoms with Gasteiger partial charge in [0.25, 0.3) is 0 Å². The zero-order valence-electron chi connectivity index (χ0n) is 15.9. The van der Waals surface area contributed by atoms with Gasteiger partial charge < -0.3 is 20.9 Å². The van der Waals surface area contributed by atoms with Gasteiger partial charge in [-0.2, -0.15) is 0 Å². The van der Waals surface area contributed by atoms with Crippen molar-refractivity contribution in [2.45, 2.75) is 45.1 Å². The van der Waals surface area contributed by atoms with Crippen molar-refractivity contribution < 1.29 is 0 Å². The van der Waals surface area contributed by atoms with Crippen LogP contribution in [0.4, 0.5) is 5.69 Å². The van der Waals surface area contributed by atoms with Crippen molar-refractivity contribution in [2.24, 2.45) is 4.99 Å². The van der Waals surface area contributed by atoms with E-state index in [4.69, 9.17) is 0 Å². The lowest BCUT2D eigenvalue weighted by atomic mass is 10.0. The highest BCUT2D eigenvalue weighted by molar-refractivity contribution is 5.79. The van der Waals surface area contributed by atoms with E-state index >= 15 is 0 Å². The molecular formula is C20H35N5. The van der Waals surface area contributed by atoms with Gasteiger partial charge in [-0.25, -0.2) is 0 Å². The minimum Gasteiger partial charge on any atom is -0.385 e. The van der Waals surface area contributed by atoms with Crippen molar-refractivity contribution in [3.8, 4) is 0 Å². The Kier molecular flexibility index (Phi) is 9.19. The van der Waals surface area contributed by atoms with Gasteiger partial charge in [0.15, 0.2) is 5.96 Å². The van der Waals surface area contributed by atoms with Crippen LogP contribution < -0.4 is 16.0 Å². The van der Waals surface area contributed by atoms with Crippen LogP contribution in [-0.2, 0) is 0 Å². The van der Waals surface area contributed by atoms with Crippen LogP contribution >= 0.6 is 0 Å². The van der Waals surface area contributed by atoms with Gasteiger partial charge in [0.05, 0.1) is 0 Å². The Morgan fingerprint density at radius 3 is 2.56 bits per heavy atom. The molecule has 140 valence electrons. The maximum Gasteiger partial charge on any atom is 0.190 e. The van der Waals surface area contributed by atoms with Crippen molar-refractivity contribution in [1.82, 2.24) is 15.5 Å². The summed E-state index contributed by atoms with van der Waals surface area (Å²) in [5.74, 6) is 0.909. The normalized spacial score (nSPS) is 18.8. The molecule has 3 N–H and O–H groups in total. The van der Waals surface area contributed by atoms with Crippen LogP contribution in [0.1, 0.15) is 39.0 Å². The number of hydrogen-bond donors (Lipinski definition) is 3. The lowest BCUT2D eigenvalue weighted by Crippen LogP contribution is -2.41. The Hall–Kier alpha value is -1.75. The van der Waals surface area contributed by atoms with Gasteiger partial charge in [0.2, 0.25) is 0 Å². The Morgan fingerprint density at radius 1 is 1.08 bits per heavy atom. The molecule has 0 bridgehead atoms. The molecule has 25 heavy (non-hydrogen) atoms. The molecule has 5 nitrogen and oxygen atoms in total. The Labute approximate surface area is 153 Å². The molecule has 0 radical (unpaired) electrons. The Balaban J connectivity index is 1.50. The van der Waals surface area contributed by atoms with E-state index in [0.717, 1.165) is 38.1 Å². The van der Waals surface area contributed by atoms with E-state index in [2.05, 4.69) is 57.0 Å². The molecule has 1 aliphatic heterocycles. The molecule has 1 heterocycles. The van der Waals surface area contributed by atoms with Gasteiger partial charge in [-0.05, 0) is 51.3 Å². The topological polar surface area (TPSA) is 51.7 Å². The molecule has 1 aromatic carbocycles. The van der Waals surface area contributed by atoms with Gasteiger partial charge >= 0.3 is 0 Å². The molecule has 1 unspecified atom stereocenters. The number of anilines is 1. The van der Waals surface area contributed by atoms with E-state index in [-0.39, 0.29) is 0 Å². The first-order valence-electron chi connectivity index (χ1n) is 9.77. The summed E-state index contributed by atoms with van der Waals surface area (Å²) in [5, 5.41) is 10.2. The number of piperidine rings is 1. The van der Waals surface area contributed by atoms with Crippen LogP contribution in [0.5, 0.6) is 0 Å². The number of nitrogens with one attached hydrogen (secondary N) is 3. The highest BCUT2D eigenvalue weighted by atomic mass is 15.2. The SMILES string of the molecule is CN=C(NCCCNc1ccccc1)NCCCN1CCCCC1C. The fraction of sp³-hybridized carbons (Fsp3) is 0.650. The molecule has 0 aliphatic carbocycles. The Morgan fingerprint density at radius 2 is 1.84 bits per heavy atom. The van der Waals surface area contributed by atoms with E-state index < -0.39 is 0 Å². The average Bonchev–Trinajstić information content (AvgIpc) is 2.65. The highest BCUT2D eigenvalue weighted by Gasteiger charge is 2.16. The first kappa shape index (κ1) is 19.6. The smallest absolute Gasteiger partial charge is 0.190 e. The third-order valence-corrected chi connectivity index (χ3v) is 4.83. The first-order chi connectivity index (χ1) is 12.3. The second kappa shape index (κ2) is 11.7. The van der Waals surface area contributed by atoms with Crippen LogP contribution in [0.15, 0.2) is 35.3 Å². The monoisotopic (exact) mass is 345 g/mol. The number of benzene rings is 1. The summed E-state index contributed by atoms with van der Waals surface area (Å²) in [6.07, 6.45) is 6.33. The van der Waals surface area contributed by atoms with E-state index in [9.17, 15) is 0 Å². The summed E-state index contributed by atoms with van der Waals surface area (Å²) in [5.41, 5.74) is 1.18. The zero-order chi connectivity index (χ0) is 17.7. The summed E-state index contributed by atoms with van der Waals surface area (Å²) >= 11 is 0. The lowest BCUT2D eigenvalue weighted by Gasteiger charge is -2.33. The molecular weight excluding hydrogens is 310 g/mol. The third-order valence-electron chi connectivity index (χ3n) is 4.83. The van der Waals surface area contributed by atoms with Crippen LogP contribution in [-0.4, -0.2) is 56.7 Å². The maximum atomic E-state index is 4.30. The van der Waals surface area contributed by atoms with Crippen molar-refractivity contribution in [2.75, 3.05) is 45.1 Å². The molecule has 0 spiro atoms. The number of nitrogens with zero attached hydrogens (tertiary/aromatic N) is 2. The number of rotatable bonds is 9. The van der Waals surface area contributed by atoms with Gasteiger partial charge in [-0.1, -0.05) is 24.6 Å². The zero-order valence-corrected chi connectivity index (χ0v) is 15.9. The number of hydrogen-bond acceptors (Lipinski definition) is 3. The quantitative estimate of drug-likeness (QED) is 0.366. The standard InChI is InChI=1S/C20H35N5/c1-18-10-6-7-16-25(18)17-9-15-24-20(21-2)23-14-8-13-22-19-11-4-3-5-12-19/h3-5,11-12,18,22H,6-10,13-17H2,1-2H3,(H2,21,23,24). The van der Waals surface area contributed by atoms with Crippen LogP contribution in [0.25, 0.3) is 0 Å². The molecule has 1 atom stereocenters. The van der Waals surface area contributed by atoms with Crippen LogP contribution in [0.3, 0.4) is 0 Å². The third kappa shape index (κ3) is 7.78. The fourth-order valence-electron chi connectivity index (χ4n) is 3.28. The molecule has 2 rings (SSSR count). The van der Waals surface area contributed by atoms with E-state index in [1.165, 1.54) is 44.5 Å². The number of guanidine groups is 1. The second-order valence-corrected chi connectivity index (χ2v) is 6.81. The van der Waals surface area contributed by atoms with Crippen molar-refractivity contribution in [3.63, 3.8) is 0 Å². The van der Waals surface area contributed by atoms with Gasteiger partial charge in [-0.3, -0.25) is 4.99 Å². The second-order valence-electron chi connectivity index (χ2n) is 6.81. The fourth-order valence-corrected chi connectivity index (χ4v) is 3.28. The molecule has 1 fully saturated rings. The van der Waals surface area contributed by atoms with Gasteiger partial charge in [0, 0.05) is 45.0 Å². The summed E-state index contributed by atoms with van der Waals surface area (Å²) in [7, 11) is 1.84. The summed E-state index contributed by atoms with van der Waals surface area (Å²) in [6, 6.07) is 11.1. The van der Waals surface area contributed by atoms with Gasteiger partial charge in [0.1, 0.15) is 0 Å². The van der Waals surface area contributed by atoms with Crippen molar-refractivity contribution in [3.05, 3.63) is 30.3 Å². The molecule has 0 saturated carbocycles. The summed E-state index contributed by atoms with van der Waals surface area (Å²) in [4.78, 5) is 6.93. The lowest BCUT2D eigenvalue weighted by molar-refractivity contribution is 0.159. The number of aliphatic imine (C=N–C) groups is 1. The minimum atomic E-state index is 0.753. The Bertz CT molecular complexity index is 488. The molecule has 1 saturated heterocycles. The number of likely N-dealkylation sites (tertiary alicyclic amines) is 1. The highest BCUT2D eigenvalue weighted by Crippen LogP contribution is 2.15. The molecule has 5 heteroatoms. The molecule has 1 aromatic rings. The van der Waals surface area contributed by atoms with E-state index in [1.807, 2.05) is 13.1 Å². The molecule has 1 aliphatic rings. The number of para-hydroxylation sites is 1. The van der Waals surface area contributed by atoms with E-state index in [1.54, 1.807) is 0 Å². The van der Waals surface area contributed by atoms with Crippen LogP contribution in [0, 0.1) is 0 Å². The van der Waals surface area contributed by atoms with Crippen LogP contribution in [0.2, 0.25) is 0 Å².